The Bertz CT molecular complexity index is 812. The molecule has 3 N–H and O–H groups in total. The van der Waals surface area contributed by atoms with Gasteiger partial charge in [0.15, 0.2) is 0 Å². The van der Waals surface area contributed by atoms with E-state index in [1.54, 1.807) is 48.5 Å². The van der Waals surface area contributed by atoms with Crippen molar-refractivity contribution in [1.82, 2.24) is 0 Å². The van der Waals surface area contributed by atoms with Crippen molar-refractivity contribution in [3.8, 4) is 0 Å². The van der Waals surface area contributed by atoms with Gasteiger partial charge in [0.1, 0.15) is 4.91 Å². The van der Waals surface area contributed by atoms with E-state index in [0.717, 1.165) is 5.56 Å². The third kappa shape index (κ3) is 4.28. The van der Waals surface area contributed by atoms with E-state index in [2.05, 4.69) is 5.32 Å². The number of nitrogens with one attached hydrogen (secondary N) is 1. The lowest BCUT2D eigenvalue weighted by Crippen LogP contribution is -2.25. The van der Waals surface area contributed by atoms with Gasteiger partial charge in [0, 0.05) is 5.69 Å². The number of hydrogen-bond donors (Lipinski definition) is 2. The molecule has 0 bridgehead atoms. The Balaban J connectivity index is 2.35. The number of carbonyl (C=O) groups is 1. The molecular weight excluding hydrogens is 300 g/mol. The van der Waals surface area contributed by atoms with Crippen LogP contribution in [0.15, 0.2) is 59.5 Å². The number of amides is 1. The van der Waals surface area contributed by atoms with Crippen LogP contribution in [0.4, 0.5) is 5.69 Å². The van der Waals surface area contributed by atoms with E-state index >= 15 is 0 Å². The molecule has 0 saturated carbocycles. The lowest BCUT2D eigenvalue weighted by molar-refractivity contribution is -0.112. The summed E-state index contributed by atoms with van der Waals surface area (Å²) in [5, 5.41) is 7.70. The second kappa shape index (κ2) is 6.55. The van der Waals surface area contributed by atoms with Crippen LogP contribution in [0.2, 0.25) is 0 Å². The van der Waals surface area contributed by atoms with Crippen molar-refractivity contribution in [2.24, 2.45) is 5.14 Å². The van der Waals surface area contributed by atoms with Crippen molar-refractivity contribution in [3.05, 3.63) is 70.6 Å². The Morgan fingerprint density at radius 3 is 2.36 bits per heavy atom. The first-order valence-electron chi connectivity index (χ1n) is 6.54. The molecule has 0 fully saturated rings. The second-order valence-electron chi connectivity index (χ2n) is 4.79. The van der Waals surface area contributed by atoms with Crippen LogP contribution < -0.4 is 10.5 Å². The van der Waals surface area contributed by atoms with Gasteiger partial charge in [0.25, 0.3) is 5.91 Å². The van der Waals surface area contributed by atoms with E-state index in [1.807, 2.05) is 13.0 Å². The molecule has 5 nitrogen and oxygen atoms in total. The first kappa shape index (κ1) is 15.9. The fourth-order valence-corrected chi connectivity index (χ4v) is 2.50. The average Bonchev–Trinajstić information content (AvgIpc) is 2.44. The minimum atomic E-state index is -4.14. The number of benzene rings is 2. The van der Waals surface area contributed by atoms with Gasteiger partial charge in [-0.2, -0.15) is 0 Å². The zero-order valence-electron chi connectivity index (χ0n) is 12.0. The second-order valence-corrected chi connectivity index (χ2v) is 6.32. The van der Waals surface area contributed by atoms with Gasteiger partial charge in [-0.15, -0.1) is 0 Å². The third-order valence-electron chi connectivity index (χ3n) is 2.90. The van der Waals surface area contributed by atoms with Crippen LogP contribution in [0.25, 0.3) is 6.08 Å². The largest absolute Gasteiger partial charge is 0.321 e. The Morgan fingerprint density at radius 2 is 1.77 bits per heavy atom. The summed E-state index contributed by atoms with van der Waals surface area (Å²) in [6.07, 6.45) is 1.25. The van der Waals surface area contributed by atoms with Crippen LogP contribution in [0.5, 0.6) is 0 Å². The van der Waals surface area contributed by atoms with Gasteiger partial charge in [0.05, 0.1) is 0 Å². The molecule has 0 spiro atoms. The lowest BCUT2D eigenvalue weighted by atomic mass is 10.2. The molecule has 0 heterocycles. The summed E-state index contributed by atoms with van der Waals surface area (Å²) in [4.78, 5) is 11.8. The molecule has 2 aromatic rings. The van der Waals surface area contributed by atoms with Crippen molar-refractivity contribution < 1.29 is 13.2 Å². The van der Waals surface area contributed by atoms with Gasteiger partial charge in [-0.3, -0.25) is 4.79 Å². The minimum absolute atomic E-state index is 0.486. The average molecular weight is 316 g/mol. The molecule has 0 aliphatic carbocycles. The quantitative estimate of drug-likeness (QED) is 0.848. The summed E-state index contributed by atoms with van der Waals surface area (Å²) >= 11 is 0. The molecule has 22 heavy (non-hydrogen) atoms. The fourth-order valence-electron chi connectivity index (χ4n) is 1.89. The maximum Gasteiger partial charge on any atom is 0.268 e. The van der Waals surface area contributed by atoms with Gasteiger partial charge in [-0.1, -0.05) is 42.5 Å². The van der Waals surface area contributed by atoms with Crippen molar-refractivity contribution in [3.63, 3.8) is 0 Å². The number of primary sulfonamides is 1. The molecule has 0 unspecified atom stereocenters. The number of anilines is 1. The van der Waals surface area contributed by atoms with Gasteiger partial charge < -0.3 is 5.32 Å². The summed E-state index contributed by atoms with van der Waals surface area (Å²) in [5.74, 6) is -0.767. The van der Waals surface area contributed by atoms with Crippen molar-refractivity contribution in [2.75, 3.05) is 5.32 Å². The highest BCUT2D eigenvalue weighted by atomic mass is 32.2. The predicted molar refractivity (Wildman–Crippen MR) is 87.3 cm³/mol. The van der Waals surface area contributed by atoms with Crippen LogP contribution in [-0.4, -0.2) is 14.3 Å². The monoisotopic (exact) mass is 316 g/mol. The fraction of sp³-hybridized carbons (Fsp3) is 0.0625. The maximum absolute atomic E-state index is 12.2. The molecule has 0 radical (unpaired) electrons. The van der Waals surface area contributed by atoms with Crippen LogP contribution in [0, 0.1) is 6.92 Å². The molecule has 0 aliphatic heterocycles. The zero-order chi connectivity index (χ0) is 16.2. The first-order chi connectivity index (χ1) is 10.4. The normalized spacial score (nSPS) is 12.0. The van der Waals surface area contributed by atoms with Crippen LogP contribution in [0.1, 0.15) is 11.1 Å². The van der Waals surface area contributed by atoms with Gasteiger partial charge in [-0.25, -0.2) is 13.6 Å². The minimum Gasteiger partial charge on any atom is -0.321 e. The number of nitrogens with two attached hydrogens (primary N) is 1. The molecule has 0 atom stereocenters. The number of hydrogen-bond acceptors (Lipinski definition) is 3. The van der Waals surface area contributed by atoms with E-state index < -0.39 is 20.8 Å². The molecule has 0 aliphatic rings. The van der Waals surface area contributed by atoms with Crippen LogP contribution in [0.3, 0.4) is 0 Å². The predicted octanol–water partition coefficient (Wildman–Crippen LogP) is 2.26. The lowest BCUT2D eigenvalue weighted by Gasteiger charge is -2.08. The van der Waals surface area contributed by atoms with Gasteiger partial charge in [-0.05, 0) is 36.3 Å². The number of aryl methyl sites for hydroxylation is 1. The topological polar surface area (TPSA) is 89.3 Å². The molecule has 0 aromatic heterocycles. The highest BCUT2D eigenvalue weighted by Gasteiger charge is 2.21. The van der Waals surface area contributed by atoms with Crippen molar-refractivity contribution in [1.29, 1.82) is 0 Å². The molecule has 1 amide bonds. The summed E-state index contributed by atoms with van der Waals surface area (Å²) in [7, 11) is -4.14. The SMILES string of the molecule is Cc1cccc(NC(=O)/C(=C/c2ccccc2)S(N)(=O)=O)c1. The number of rotatable bonds is 4. The molecule has 0 saturated heterocycles. The van der Waals surface area contributed by atoms with E-state index in [4.69, 9.17) is 5.14 Å². The van der Waals surface area contributed by atoms with Crippen LogP contribution in [-0.2, 0) is 14.8 Å². The van der Waals surface area contributed by atoms with Gasteiger partial charge in [0.2, 0.25) is 10.0 Å². The Kier molecular flexibility index (Phi) is 4.75. The molecule has 114 valence electrons. The van der Waals surface area contributed by atoms with Crippen LogP contribution >= 0.6 is 0 Å². The summed E-state index contributed by atoms with van der Waals surface area (Å²) in [5.41, 5.74) is 2.03. The summed E-state index contributed by atoms with van der Waals surface area (Å²) in [6, 6.07) is 15.7. The van der Waals surface area contributed by atoms with Crippen molar-refractivity contribution in [2.45, 2.75) is 6.92 Å². The Hall–Kier alpha value is -2.44. The van der Waals surface area contributed by atoms with E-state index in [0.29, 0.717) is 11.3 Å². The highest BCUT2D eigenvalue weighted by molar-refractivity contribution is 7.94. The van der Waals surface area contributed by atoms with E-state index in [1.165, 1.54) is 6.08 Å². The maximum atomic E-state index is 12.2. The molecule has 2 aromatic carbocycles. The molecule has 6 heteroatoms. The standard InChI is InChI=1S/C16H16N2O3S/c1-12-6-5-9-14(10-12)18-16(19)15(22(17,20)21)11-13-7-3-2-4-8-13/h2-11H,1H3,(H,18,19)(H2,17,20,21)/b15-11-. The Labute approximate surface area is 129 Å². The highest BCUT2D eigenvalue weighted by Crippen LogP contribution is 2.15. The van der Waals surface area contributed by atoms with Crippen molar-refractivity contribution >= 4 is 27.7 Å². The number of sulfonamides is 1. The van der Waals surface area contributed by atoms with Gasteiger partial charge >= 0.3 is 0 Å². The smallest absolute Gasteiger partial charge is 0.268 e. The molecule has 2 rings (SSSR count). The van der Waals surface area contributed by atoms with E-state index in [-0.39, 0.29) is 0 Å². The first-order valence-corrected chi connectivity index (χ1v) is 8.08. The Morgan fingerprint density at radius 1 is 1.09 bits per heavy atom. The van der Waals surface area contributed by atoms with E-state index in [9.17, 15) is 13.2 Å². The molecular formula is C16H16N2O3S. The zero-order valence-corrected chi connectivity index (χ0v) is 12.8. The number of carbonyl (C=O) groups excluding carboxylic acids is 1. The summed E-state index contributed by atoms with van der Waals surface area (Å²) < 4.78 is 23.4. The summed E-state index contributed by atoms with van der Waals surface area (Å²) in [6.45, 7) is 1.87. The third-order valence-corrected chi connectivity index (χ3v) is 3.82.